The fourth-order valence-corrected chi connectivity index (χ4v) is 1.85. The van der Waals surface area contributed by atoms with Crippen LogP contribution in [0.25, 0.3) is 0 Å². The topological polar surface area (TPSA) is 54.9 Å². The average Bonchev–Trinajstić information content (AvgIpc) is 2.40. The molecule has 0 saturated heterocycles. The van der Waals surface area contributed by atoms with Gasteiger partial charge in [-0.15, -0.1) is 0 Å². The predicted octanol–water partition coefficient (Wildman–Crippen LogP) is 3.79. The molecule has 0 spiro atoms. The van der Waals surface area contributed by atoms with Crippen LogP contribution in [0.15, 0.2) is 41.1 Å². The number of hydrogen-bond donors (Lipinski definition) is 1. The van der Waals surface area contributed by atoms with Gasteiger partial charge in [0.1, 0.15) is 5.82 Å². The predicted molar refractivity (Wildman–Crippen MR) is 82.8 cm³/mol. The molecule has 0 unspecified atom stereocenters. The lowest BCUT2D eigenvalue weighted by Gasteiger charge is -2.18. The van der Waals surface area contributed by atoms with E-state index in [9.17, 15) is 4.79 Å². The van der Waals surface area contributed by atoms with E-state index in [0.717, 1.165) is 10.2 Å². The second-order valence-electron chi connectivity index (χ2n) is 5.50. The summed E-state index contributed by atoms with van der Waals surface area (Å²) in [6, 6.07) is 7.08. The molecule has 0 aliphatic carbocycles. The van der Waals surface area contributed by atoms with Gasteiger partial charge in [0.05, 0.1) is 0 Å². The zero-order chi connectivity index (χ0) is 14.8. The van der Waals surface area contributed by atoms with E-state index in [1.807, 2.05) is 12.1 Å². The van der Waals surface area contributed by atoms with Gasteiger partial charge >= 0.3 is 0 Å². The van der Waals surface area contributed by atoms with Crippen LogP contribution >= 0.6 is 15.9 Å². The molecule has 20 heavy (non-hydrogen) atoms. The van der Waals surface area contributed by atoms with Gasteiger partial charge in [0, 0.05) is 33.5 Å². The number of carbonyl (C=O) groups is 1. The molecule has 104 valence electrons. The first-order valence-corrected chi connectivity index (χ1v) is 7.05. The minimum Gasteiger partial charge on any atom is -0.307 e. The van der Waals surface area contributed by atoms with E-state index in [0.29, 0.717) is 11.4 Å². The van der Waals surface area contributed by atoms with Crippen molar-refractivity contribution < 1.29 is 4.79 Å². The SMILES string of the molecule is CC(C)(C)c1cc(C(=O)Nc2ccc(Br)cn2)ccn1. The van der Waals surface area contributed by atoms with Gasteiger partial charge in [0.2, 0.25) is 0 Å². The number of aromatic nitrogens is 2. The maximum absolute atomic E-state index is 12.2. The maximum Gasteiger partial charge on any atom is 0.256 e. The van der Waals surface area contributed by atoms with Crippen LogP contribution in [0.3, 0.4) is 0 Å². The van der Waals surface area contributed by atoms with E-state index in [-0.39, 0.29) is 11.3 Å². The Kier molecular flexibility index (Phi) is 4.18. The Morgan fingerprint density at radius 3 is 2.55 bits per heavy atom. The summed E-state index contributed by atoms with van der Waals surface area (Å²) >= 11 is 3.30. The number of pyridine rings is 2. The van der Waals surface area contributed by atoms with Crippen molar-refractivity contribution in [3.63, 3.8) is 0 Å². The highest BCUT2D eigenvalue weighted by Crippen LogP contribution is 2.21. The first-order valence-electron chi connectivity index (χ1n) is 6.26. The van der Waals surface area contributed by atoms with Crippen LogP contribution in [0.1, 0.15) is 36.8 Å². The number of nitrogens with one attached hydrogen (secondary N) is 1. The second kappa shape index (κ2) is 5.71. The van der Waals surface area contributed by atoms with Gasteiger partial charge in [-0.25, -0.2) is 4.98 Å². The minimum atomic E-state index is -0.187. The van der Waals surface area contributed by atoms with Crippen LogP contribution in [0.5, 0.6) is 0 Å². The lowest BCUT2D eigenvalue weighted by molar-refractivity contribution is 0.102. The molecule has 0 aliphatic heterocycles. The van der Waals surface area contributed by atoms with E-state index in [2.05, 4.69) is 52.0 Å². The van der Waals surface area contributed by atoms with Gasteiger partial charge in [-0.2, -0.15) is 0 Å². The van der Waals surface area contributed by atoms with Crippen LogP contribution < -0.4 is 5.32 Å². The summed E-state index contributed by atoms with van der Waals surface area (Å²) in [6.07, 6.45) is 3.30. The van der Waals surface area contributed by atoms with Crippen molar-refractivity contribution in [1.29, 1.82) is 0 Å². The van der Waals surface area contributed by atoms with Gasteiger partial charge in [-0.3, -0.25) is 9.78 Å². The highest BCUT2D eigenvalue weighted by molar-refractivity contribution is 9.10. The standard InChI is InChI=1S/C15H16BrN3O/c1-15(2,3)12-8-10(6-7-17-12)14(20)19-13-5-4-11(16)9-18-13/h4-9H,1-3H3,(H,18,19,20). The zero-order valence-electron chi connectivity index (χ0n) is 11.6. The lowest BCUT2D eigenvalue weighted by atomic mass is 9.91. The smallest absolute Gasteiger partial charge is 0.256 e. The first-order chi connectivity index (χ1) is 9.36. The van der Waals surface area contributed by atoms with Gasteiger partial charge in [-0.1, -0.05) is 20.8 Å². The molecular formula is C15H16BrN3O. The summed E-state index contributed by atoms with van der Waals surface area (Å²) in [5.41, 5.74) is 1.37. The monoisotopic (exact) mass is 333 g/mol. The van der Waals surface area contributed by atoms with E-state index in [1.165, 1.54) is 0 Å². The van der Waals surface area contributed by atoms with E-state index < -0.39 is 0 Å². The number of hydrogen-bond acceptors (Lipinski definition) is 3. The zero-order valence-corrected chi connectivity index (χ0v) is 13.2. The summed E-state index contributed by atoms with van der Waals surface area (Å²) in [5, 5.41) is 2.77. The normalized spacial score (nSPS) is 11.2. The quantitative estimate of drug-likeness (QED) is 0.909. The Labute approximate surface area is 126 Å². The molecular weight excluding hydrogens is 318 g/mol. The van der Waals surface area contributed by atoms with Crippen molar-refractivity contribution in [3.8, 4) is 0 Å². The molecule has 2 aromatic heterocycles. The number of anilines is 1. The molecule has 0 aliphatic rings. The third-order valence-corrected chi connectivity index (χ3v) is 3.23. The molecule has 1 amide bonds. The minimum absolute atomic E-state index is 0.0911. The lowest BCUT2D eigenvalue weighted by Crippen LogP contribution is -2.17. The molecule has 0 atom stereocenters. The third-order valence-electron chi connectivity index (χ3n) is 2.76. The van der Waals surface area contributed by atoms with Crippen molar-refractivity contribution in [3.05, 3.63) is 52.4 Å². The largest absolute Gasteiger partial charge is 0.307 e. The van der Waals surface area contributed by atoms with Crippen LogP contribution in [0.4, 0.5) is 5.82 Å². The van der Waals surface area contributed by atoms with Crippen molar-refractivity contribution in [1.82, 2.24) is 9.97 Å². The number of carbonyl (C=O) groups excluding carboxylic acids is 1. The fraction of sp³-hybridized carbons (Fsp3) is 0.267. The van der Waals surface area contributed by atoms with E-state index >= 15 is 0 Å². The molecule has 0 bridgehead atoms. The molecule has 2 heterocycles. The molecule has 0 aromatic carbocycles. The molecule has 2 aromatic rings. The Balaban J connectivity index is 2.19. The van der Waals surface area contributed by atoms with Crippen LogP contribution in [-0.4, -0.2) is 15.9 Å². The number of amides is 1. The molecule has 5 heteroatoms. The Morgan fingerprint density at radius 2 is 1.95 bits per heavy atom. The number of rotatable bonds is 2. The van der Waals surface area contributed by atoms with Crippen LogP contribution in [-0.2, 0) is 5.41 Å². The van der Waals surface area contributed by atoms with Crippen molar-refractivity contribution in [2.45, 2.75) is 26.2 Å². The van der Waals surface area contributed by atoms with Gasteiger partial charge < -0.3 is 5.32 Å². The van der Waals surface area contributed by atoms with Crippen molar-refractivity contribution >= 4 is 27.7 Å². The Morgan fingerprint density at radius 1 is 1.20 bits per heavy atom. The van der Waals surface area contributed by atoms with Crippen molar-refractivity contribution in [2.24, 2.45) is 0 Å². The molecule has 0 saturated carbocycles. The molecule has 4 nitrogen and oxygen atoms in total. The molecule has 2 rings (SSSR count). The summed E-state index contributed by atoms with van der Waals surface area (Å²) in [4.78, 5) is 20.6. The third kappa shape index (κ3) is 3.63. The number of nitrogens with zero attached hydrogens (tertiary/aromatic N) is 2. The molecule has 0 radical (unpaired) electrons. The molecule has 1 N–H and O–H groups in total. The van der Waals surface area contributed by atoms with E-state index in [4.69, 9.17) is 0 Å². The summed E-state index contributed by atoms with van der Waals surface area (Å²) in [5.74, 6) is 0.333. The van der Waals surface area contributed by atoms with Gasteiger partial charge in [-0.05, 0) is 40.2 Å². The highest BCUT2D eigenvalue weighted by atomic mass is 79.9. The van der Waals surface area contributed by atoms with Crippen LogP contribution in [0.2, 0.25) is 0 Å². The van der Waals surface area contributed by atoms with Crippen LogP contribution in [0, 0.1) is 0 Å². The first kappa shape index (κ1) is 14.7. The molecule has 0 fully saturated rings. The Bertz CT molecular complexity index is 618. The van der Waals surface area contributed by atoms with Gasteiger partial charge in [0.25, 0.3) is 5.91 Å². The summed E-state index contributed by atoms with van der Waals surface area (Å²) in [6.45, 7) is 6.19. The average molecular weight is 334 g/mol. The number of halogens is 1. The van der Waals surface area contributed by atoms with Crippen molar-refractivity contribution in [2.75, 3.05) is 5.32 Å². The van der Waals surface area contributed by atoms with Gasteiger partial charge in [0.15, 0.2) is 0 Å². The fourth-order valence-electron chi connectivity index (χ4n) is 1.62. The second-order valence-corrected chi connectivity index (χ2v) is 6.41. The summed E-state index contributed by atoms with van der Waals surface area (Å²) < 4.78 is 0.870. The van der Waals surface area contributed by atoms with E-state index in [1.54, 1.807) is 24.5 Å². The Hall–Kier alpha value is -1.75. The maximum atomic E-state index is 12.2. The highest BCUT2D eigenvalue weighted by Gasteiger charge is 2.17. The summed E-state index contributed by atoms with van der Waals surface area (Å²) in [7, 11) is 0.